The molecule has 43 heavy (non-hydrogen) atoms. The first-order chi connectivity index (χ1) is 20.9. The second kappa shape index (κ2) is 11.4. The monoisotopic (exact) mass is 586 g/mol. The van der Waals surface area contributed by atoms with Crippen molar-refractivity contribution < 1.29 is 9.59 Å². The van der Waals surface area contributed by atoms with Crippen molar-refractivity contribution in [2.75, 3.05) is 69.6 Å². The Balaban J connectivity index is 1.01. The topological polar surface area (TPSA) is 134 Å². The molecule has 2 bridgehead atoms. The van der Waals surface area contributed by atoms with Crippen LogP contribution in [-0.2, 0) is 11.3 Å². The average molecular weight is 587 g/mol. The molecule has 14 heteroatoms. The van der Waals surface area contributed by atoms with Crippen LogP contribution in [0.3, 0.4) is 0 Å². The number of rotatable bonds is 5. The minimum absolute atomic E-state index is 0.0631. The molecular formula is C29H38N12O2. The average Bonchev–Trinajstić information content (AvgIpc) is 3.72. The first-order valence-electron chi connectivity index (χ1n) is 15.3. The highest BCUT2D eigenvalue weighted by molar-refractivity contribution is 5.78. The Hall–Kier alpha value is -4.38. The van der Waals surface area contributed by atoms with E-state index in [1.54, 1.807) is 21.6 Å². The van der Waals surface area contributed by atoms with Crippen LogP contribution in [0.5, 0.6) is 0 Å². The number of likely N-dealkylation sites (tertiary alicyclic amines) is 1. The molecule has 3 aromatic heterocycles. The molecular weight excluding hydrogens is 548 g/mol. The van der Waals surface area contributed by atoms with Crippen molar-refractivity contribution in [3.05, 3.63) is 30.7 Å². The van der Waals surface area contributed by atoms with Crippen molar-refractivity contribution in [1.82, 2.24) is 44.0 Å². The molecule has 0 aromatic carbocycles. The molecule has 4 aliphatic heterocycles. The summed E-state index contributed by atoms with van der Waals surface area (Å²) in [6.45, 7) is 6.28. The fourth-order valence-electron chi connectivity index (χ4n) is 6.91. The second-order valence-corrected chi connectivity index (χ2v) is 12.2. The lowest BCUT2D eigenvalue weighted by Gasteiger charge is -2.44. The van der Waals surface area contributed by atoms with E-state index < -0.39 is 0 Å². The Labute approximate surface area is 250 Å². The quantitative estimate of drug-likeness (QED) is 0.472. The number of hydrogen-bond acceptors (Lipinski definition) is 9. The van der Waals surface area contributed by atoms with Crippen LogP contribution in [0.15, 0.2) is 30.7 Å². The third-order valence-electron chi connectivity index (χ3n) is 9.38. The predicted molar refractivity (Wildman–Crippen MR) is 159 cm³/mol. The fraction of sp³-hybridized carbons (Fsp3) is 0.586. The number of fused-ring (bicyclic) bond motifs is 3. The zero-order valence-corrected chi connectivity index (χ0v) is 24.5. The van der Waals surface area contributed by atoms with E-state index in [-0.39, 0.29) is 36.5 Å². The molecule has 2 unspecified atom stereocenters. The van der Waals surface area contributed by atoms with Gasteiger partial charge in [0.2, 0.25) is 11.9 Å². The van der Waals surface area contributed by atoms with Crippen LogP contribution in [0.25, 0.3) is 5.65 Å². The number of carbonyl (C=O) groups excluding carboxylic acids is 2. The molecule has 3 aromatic rings. The molecule has 14 nitrogen and oxygen atoms in total. The van der Waals surface area contributed by atoms with Gasteiger partial charge in [0.1, 0.15) is 6.54 Å². The molecule has 0 radical (unpaired) electrons. The van der Waals surface area contributed by atoms with Crippen LogP contribution < -0.4 is 10.2 Å². The molecule has 4 fully saturated rings. The normalized spacial score (nSPS) is 23.2. The molecule has 1 N–H and O–H groups in total. The summed E-state index contributed by atoms with van der Waals surface area (Å²) in [5, 5.41) is 21.5. The second-order valence-electron chi connectivity index (χ2n) is 12.2. The Morgan fingerprint density at radius 2 is 1.77 bits per heavy atom. The Kier molecular flexibility index (Phi) is 7.26. The highest BCUT2D eigenvalue weighted by Gasteiger charge is 2.45. The van der Waals surface area contributed by atoms with Gasteiger partial charge in [-0.25, -0.2) is 9.31 Å². The number of amides is 3. The number of piperazine rings is 2. The van der Waals surface area contributed by atoms with Crippen molar-refractivity contribution in [1.29, 1.82) is 5.26 Å². The molecule has 0 saturated carbocycles. The van der Waals surface area contributed by atoms with Gasteiger partial charge in [-0.15, -0.1) is 5.10 Å². The number of likely N-dealkylation sites (N-methyl/N-ethyl adjacent to an activating group) is 1. The van der Waals surface area contributed by atoms with Crippen LogP contribution in [0.2, 0.25) is 0 Å². The Morgan fingerprint density at radius 3 is 2.49 bits per heavy atom. The van der Waals surface area contributed by atoms with Gasteiger partial charge in [-0.1, -0.05) is 0 Å². The first kappa shape index (κ1) is 27.5. The largest absolute Gasteiger partial charge is 0.364 e. The zero-order valence-electron chi connectivity index (χ0n) is 24.5. The van der Waals surface area contributed by atoms with E-state index in [1.165, 1.54) is 0 Å². The number of nitrogens with zero attached hydrogens (tertiary/aromatic N) is 11. The third-order valence-corrected chi connectivity index (χ3v) is 9.38. The summed E-state index contributed by atoms with van der Waals surface area (Å²) < 4.78 is 3.42. The van der Waals surface area contributed by atoms with Crippen LogP contribution >= 0.6 is 0 Å². The van der Waals surface area contributed by atoms with Crippen molar-refractivity contribution in [2.24, 2.45) is 5.92 Å². The lowest BCUT2D eigenvalue weighted by Crippen LogP contribution is -2.59. The van der Waals surface area contributed by atoms with Crippen molar-refractivity contribution in [2.45, 2.75) is 44.3 Å². The number of nitrogens with one attached hydrogen (secondary N) is 1. The number of hydrogen-bond donors (Lipinski definition) is 1. The molecule has 4 aliphatic rings. The summed E-state index contributed by atoms with van der Waals surface area (Å²) in [7, 11) is 2.07. The van der Waals surface area contributed by atoms with Gasteiger partial charge in [-0.3, -0.25) is 9.48 Å². The van der Waals surface area contributed by atoms with Gasteiger partial charge >= 0.3 is 6.03 Å². The van der Waals surface area contributed by atoms with E-state index in [0.29, 0.717) is 24.7 Å². The Morgan fingerprint density at radius 1 is 1.02 bits per heavy atom. The summed E-state index contributed by atoms with van der Waals surface area (Å²) in [5.74, 6) is 0.584. The summed E-state index contributed by atoms with van der Waals surface area (Å²) in [4.78, 5) is 41.5. The molecule has 4 saturated heterocycles. The van der Waals surface area contributed by atoms with E-state index in [4.69, 9.17) is 4.98 Å². The van der Waals surface area contributed by atoms with E-state index in [9.17, 15) is 14.9 Å². The molecule has 226 valence electrons. The van der Waals surface area contributed by atoms with Crippen LogP contribution in [0.4, 0.5) is 22.1 Å². The molecule has 0 aliphatic carbocycles. The van der Waals surface area contributed by atoms with Gasteiger partial charge in [0, 0.05) is 70.7 Å². The van der Waals surface area contributed by atoms with Crippen molar-refractivity contribution in [3.8, 4) is 6.07 Å². The SMILES string of the molecule is CN1CCN(C(=O)Cn2cc(Nc3nc4c(N5CC6CCC(C5)N6C(=O)N5CCC(C#N)CC5)cccn4n3)cn2)CC1. The maximum absolute atomic E-state index is 13.5. The lowest BCUT2D eigenvalue weighted by molar-refractivity contribution is -0.133. The van der Waals surface area contributed by atoms with Gasteiger partial charge in [-0.05, 0) is 44.9 Å². The van der Waals surface area contributed by atoms with Crippen LogP contribution in [0.1, 0.15) is 25.7 Å². The lowest BCUT2D eigenvalue weighted by atomic mass is 9.99. The zero-order chi connectivity index (χ0) is 29.5. The van der Waals surface area contributed by atoms with Crippen LogP contribution in [0, 0.1) is 17.2 Å². The molecule has 2 atom stereocenters. The molecule has 3 amide bonds. The maximum Gasteiger partial charge on any atom is 0.320 e. The van der Waals surface area contributed by atoms with Gasteiger partial charge in [-0.2, -0.15) is 15.3 Å². The standard InChI is InChI=1S/C29H38N12O2/c1-35-11-13-36(14-12-35)26(42)20-39-17-22(16-31-39)32-28-33-27-25(3-2-8-40(27)34-28)38-18-23-4-5-24(19-38)41(23)29(43)37-9-6-21(15-30)7-10-37/h2-3,8,16-17,21,23-24H,4-7,9-14,18-20H2,1H3,(H,32,34). The molecule has 7 heterocycles. The summed E-state index contributed by atoms with van der Waals surface area (Å²) in [6, 6.07) is 6.83. The summed E-state index contributed by atoms with van der Waals surface area (Å²) in [5.41, 5.74) is 2.46. The minimum atomic E-state index is 0.0631. The minimum Gasteiger partial charge on any atom is -0.364 e. The smallest absolute Gasteiger partial charge is 0.320 e. The van der Waals surface area contributed by atoms with Crippen molar-refractivity contribution >= 4 is 34.9 Å². The van der Waals surface area contributed by atoms with Gasteiger partial charge < -0.3 is 29.8 Å². The number of nitriles is 1. The number of carbonyl (C=O) groups is 2. The van der Waals surface area contributed by atoms with Gasteiger partial charge in [0.25, 0.3) is 0 Å². The number of aromatic nitrogens is 5. The van der Waals surface area contributed by atoms with E-state index >= 15 is 0 Å². The number of piperidine rings is 1. The predicted octanol–water partition coefficient (Wildman–Crippen LogP) is 1.45. The third kappa shape index (κ3) is 5.45. The van der Waals surface area contributed by atoms with Gasteiger partial charge in [0.05, 0.1) is 35.7 Å². The highest BCUT2D eigenvalue weighted by atomic mass is 16.2. The summed E-state index contributed by atoms with van der Waals surface area (Å²) >= 11 is 0. The van der Waals surface area contributed by atoms with Gasteiger partial charge in [0.15, 0.2) is 5.65 Å². The highest BCUT2D eigenvalue weighted by Crippen LogP contribution is 2.35. The molecule has 7 rings (SSSR count). The van der Waals surface area contributed by atoms with Crippen molar-refractivity contribution in [3.63, 3.8) is 0 Å². The maximum atomic E-state index is 13.5. The Bertz CT molecular complexity index is 1510. The van der Waals surface area contributed by atoms with E-state index in [0.717, 1.165) is 76.3 Å². The number of anilines is 3. The number of urea groups is 1. The fourth-order valence-corrected chi connectivity index (χ4v) is 6.91. The number of pyridine rings is 1. The van der Waals surface area contributed by atoms with E-state index in [2.05, 4.69) is 49.4 Å². The molecule has 0 spiro atoms. The first-order valence-corrected chi connectivity index (χ1v) is 15.3. The van der Waals surface area contributed by atoms with Crippen LogP contribution in [-0.4, -0.2) is 127 Å². The summed E-state index contributed by atoms with van der Waals surface area (Å²) in [6.07, 6.45) is 8.87. The van der Waals surface area contributed by atoms with E-state index in [1.807, 2.05) is 22.1 Å².